The largest absolute Gasteiger partial charge is 0.460 e. The van der Waals surface area contributed by atoms with E-state index in [2.05, 4.69) is 33.1 Å². The van der Waals surface area contributed by atoms with E-state index < -0.39 is 30.0 Å². The van der Waals surface area contributed by atoms with Gasteiger partial charge in [-0.05, 0) is 24.6 Å². The normalized spacial score (nSPS) is 11.9. The van der Waals surface area contributed by atoms with Gasteiger partial charge in [0, 0.05) is 0 Å². The Balaban J connectivity index is 2.16. The maximum absolute atomic E-state index is 12.8. The van der Waals surface area contributed by atoms with Gasteiger partial charge in [0.05, 0.1) is 12.1 Å². The average molecular weight is 480 g/mol. The van der Waals surface area contributed by atoms with Crippen molar-refractivity contribution in [3.05, 3.63) is 84.4 Å². The summed E-state index contributed by atoms with van der Waals surface area (Å²) in [5.41, 5.74) is 4.28. The fraction of sp³-hybridized carbons (Fsp3) is 0.308. The minimum Gasteiger partial charge on any atom is -0.460 e. The molecule has 0 bridgehead atoms. The third-order valence-corrected chi connectivity index (χ3v) is 5.06. The minimum absolute atomic E-state index is 0.0519. The number of carbonyl (C=O) groups is 3. The van der Waals surface area contributed by atoms with Gasteiger partial charge in [-0.2, -0.15) is 5.10 Å². The van der Waals surface area contributed by atoms with E-state index in [4.69, 9.17) is 4.74 Å². The molecule has 0 saturated carbocycles. The van der Waals surface area contributed by atoms with Crippen LogP contribution in [0.3, 0.4) is 0 Å². The second-order valence-electron chi connectivity index (χ2n) is 7.62. The molecule has 2 aromatic rings. The first-order valence-corrected chi connectivity index (χ1v) is 11.5. The molecule has 0 aliphatic rings. The van der Waals surface area contributed by atoms with Crippen molar-refractivity contribution in [2.75, 3.05) is 20.2 Å². The lowest BCUT2D eigenvalue weighted by atomic mass is 9.99. The summed E-state index contributed by atoms with van der Waals surface area (Å²) in [4.78, 5) is 37.3. The van der Waals surface area contributed by atoms with Crippen LogP contribution in [-0.4, -0.2) is 49.9 Å². The van der Waals surface area contributed by atoms with E-state index in [-0.39, 0.29) is 18.9 Å². The van der Waals surface area contributed by atoms with Crippen molar-refractivity contribution in [3.63, 3.8) is 0 Å². The minimum atomic E-state index is -0.603. The Morgan fingerprint density at radius 2 is 1.63 bits per heavy atom. The number of esters is 1. The van der Waals surface area contributed by atoms with Crippen LogP contribution in [0.2, 0.25) is 0 Å². The number of rotatable bonds is 13. The summed E-state index contributed by atoms with van der Waals surface area (Å²) >= 11 is 0. The number of ether oxygens (including phenoxy) is 1. The lowest BCUT2D eigenvalue weighted by molar-refractivity contribution is -0.142. The Morgan fingerprint density at radius 1 is 1.03 bits per heavy atom. The van der Waals surface area contributed by atoms with Crippen molar-refractivity contribution < 1.29 is 19.1 Å². The van der Waals surface area contributed by atoms with Crippen molar-refractivity contribution >= 4 is 23.6 Å². The van der Waals surface area contributed by atoms with Crippen LogP contribution in [0.5, 0.6) is 0 Å². The standard InChI is InChI=1S/C26H33N5O4/c1-4-12-21(27-3)24(25(33)28-18-22(32)35-17-5-2)30-31-26(34)29-23(19-13-8-6-9-14-19)20-15-10-7-11-16-20/h5-11,13-16,21,23,27H,2,4,12,17-18H2,1,3H3,(H,28,33)(H2,29,31,34)/b30-24-. The first-order valence-electron chi connectivity index (χ1n) is 11.5. The predicted octanol–water partition coefficient (Wildman–Crippen LogP) is 2.66. The van der Waals surface area contributed by atoms with E-state index in [1.807, 2.05) is 67.6 Å². The Kier molecular flexibility index (Phi) is 11.7. The van der Waals surface area contributed by atoms with Gasteiger partial charge in [0.15, 0.2) is 0 Å². The molecule has 1 unspecified atom stereocenters. The number of hydrazone groups is 1. The smallest absolute Gasteiger partial charge is 0.335 e. The van der Waals surface area contributed by atoms with Gasteiger partial charge in [0.2, 0.25) is 0 Å². The molecule has 3 amide bonds. The lowest BCUT2D eigenvalue weighted by Gasteiger charge is -2.20. The number of carbonyl (C=O) groups excluding carboxylic acids is 3. The van der Waals surface area contributed by atoms with Gasteiger partial charge < -0.3 is 20.7 Å². The molecule has 9 heteroatoms. The van der Waals surface area contributed by atoms with Crippen molar-refractivity contribution in [3.8, 4) is 0 Å². The molecule has 2 rings (SSSR count). The highest BCUT2D eigenvalue weighted by atomic mass is 16.5. The molecule has 2 aromatic carbocycles. The zero-order chi connectivity index (χ0) is 25.5. The zero-order valence-electron chi connectivity index (χ0n) is 20.1. The topological polar surface area (TPSA) is 121 Å². The van der Waals surface area contributed by atoms with Crippen LogP contribution in [0, 0.1) is 0 Å². The number of nitrogens with zero attached hydrogens (tertiary/aromatic N) is 1. The van der Waals surface area contributed by atoms with E-state index >= 15 is 0 Å². The van der Waals surface area contributed by atoms with Crippen LogP contribution in [0.4, 0.5) is 4.79 Å². The molecule has 9 nitrogen and oxygen atoms in total. The summed E-state index contributed by atoms with van der Waals surface area (Å²) in [7, 11) is 1.70. The van der Waals surface area contributed by atoms with E-state index in [0.717, 1.165) is 17.5 Å². The molecule has 0 saturated heterocycles. The highest BCUT2D eigenvalue weighted by molar-refractivity contribution is 6.41. The molecule has 4 N–H and O–H groups in total. The van der Waals surface area contributed by atoms with Crippen molar-refractivity contribution in [2.24, 2.45) is 5.10 Å². The molecule has 0 aromatic heterocycles. The third-order valence-electron chi connectivity index (χ3n) is 5.06. The Bertz CT molecular complexity index is 956. The molecular weight excluding hydrogens is 446 g/mol. The predicted molar refractivity (Wildman–Crippen MR) is 136 cm³/mol. The van der Waals surface area contributed by atoms with Gasteiger partial charge in [0.1, 0.15) is 18.9 Å². The molecule has 0 heterocycles. The summed E-state index contributed by atoms with van der Waals surface area (Å²) in [5, 5.41) is 12.5. The zero-order valence-corrected chi connectivity index (χ0v) is 20.1. The molecule has 0 aliphatic heterocycles. The third kappa shape index (κ3) is 9.05. The number of amides is 3. The fourth-order valence-electron chi connectivity index (χ4n) is 3.36. The van der Waals surface area contributed by atoms with Crippen molar-refractivity contribution in [1.82, 2.24) is 21.4 Å². The maximum atomic E-state index is 12.8. The van der Waals surface area contributed by atoms with E-state index in [0.29, 0.717) is 6.42 Å². The summed E-state index contributed by atoms with van der Waals surface area (Å²) in [5.74, 6) is -1.19. The van der Waals surface area contributed by atoms with Crippen LogP contribution >= 0.6 is 0 Å². The van der Waals surface area contributed by atoms with Crippen LogP contribution in [0.15, 0.2) is 78.4 Å². The van der Waals surface area contributed by atoms with Crippen LogP contribution < -0.4 is 21.4 Å². The highest BCUT2D eigenvalue weighted by Crippen LogP contribution is 2.21. The van der Waals surface area contributed by atoms with E-state index in [9.17, 15) is 14.4 Å². The maximum Gasteiger partial charge on any atom is 0.335 e. The van der Waals surface area contributed by atoms with Gasteiger partial charge in [-0.3, -0.25) is 9.59 Å². The first-order chi connectivity index (χ1) is 17.0. The second-order valence-corrected chi connectivity index (χ2v) is 7.62. The van der Waals surface area contributed by atoms with Crippen LogP contribution in [0.25, 0.3) is 0 Å². The van der Waals surface area contributed by atoms with Gasteiger partial charge in [-0.1, -0.05) is 86.7 Å². The fourth-order valence-corrected chi connectivity index (χ4v) is 3.36. The summed E-state index contributed by atoms with van der Waals surface area (Å²) in [6.07, 6.45) is 2.81. The SMILES string of the molecule is C=CCOC(=O)CNC(=O)/C(=N\NC(=O)NC(c1ccccc1)c1ccccc1)C(CCC)NC. The lowest BCUT2D eigenvalue weighted by Crippen LogP contribution is -2.47. The monoisotopic (exact) mass is 479 g/mol. The molecule has 0 fully saturated rings. The average Bonchev–Trinajstić information content (AvgIpc) is 2.89. The van der Waals surface area contributed by atoms with Crippen LogP contribution in [0.1, 0.15) is 36.9 Å². The molecule has 0 radical (unpaired) electrons. The molecule has 186 valence electrons. The van der Waals surface area contributed by atoms with Gasteiger partial charge in [-0.15, -0.1) is 0 Å². The molecular formula is C26H33N5O4. The summed E-state index contributed by atoms with van der Waals surface area (Å²) in [6.45, 7) is 5.16. The van der Waals surface area contributed by atoms with Gasteiger partial charge in [0.25, 0.3) is 5.91 Å². The Morgan fingerprint density at radius 3 is 2.14 bits per heavy atom. The highest BCUT2D eigenvalue weighted by Gasteiger charge is 2.23. The number of hydrogen-bond acceptors (Lipinski definition) is 6. The summed E-state index contributed by atoms with van der Waals surface area (Å²) < 4.78 is 4.87. The number of benzene rings is 2. The Labute approximate surface area is 206 Å². The van der Waals surface area contributed by atoms with E-state index in [1.165, 1.54) is 6.08 Å². The second kappa shape index (κ2) is 15.0. The molecule has 0 spiro atoms. The van der Waals surface area contributed by atoms with Crippen LogP contribution in [-0.2, 0) is 14.3 Å². The summed E-state index contributed by atoms with van der Waals surface area (Å²) in [6, 6.07) is 17.7. The molecule has 1 atom stereocenters. The number of urea groups is 1. The van der Waals surface area contributed by atoms with Crippen molar-refractivity contribution in [2.45, 2.75) is 31.8 Å². The van der Waals surface area contributed by atoms with Gasteiger partial charge >= 0.3 is 12.0 Å². The quantitative estimate of drug-likeness (QED) is 0.152. The Hall–Kier alpha value is -3.98. The molecule has 0 aliphatic carbocycles. The van der Waals surface area contributed by atoms with Gasteiger partial charge in [-0.25, -0.2) is 10.2 Å². The molecule has 35 heavy (non-hydrogen) atoms. The first kappa shape index (κ1) is 27.3. The van der Waals surface area contributed by atoms with E-state index in [1.54, 1.807) is 7.05 Å². The van der Waals surface area contributed by atoms with Crippen molar-refractivity contribution in [1.29, 1.82) is 0 Å². The number of hydrogen-bond donors (Lipinski definition) is 4. The number of nitrogens with one attached hydrogen (secondary N) is 4.